The van der Waals surface area contributed by atoms with E-state index in [4.69, 9.17) is 4.74 Å². The van der Waals surface area contributed by atoms with Gasteiger partial charge in [0, 0.05) is 0 Å². The number of aliphatic hydroxyl groups excluding tert-OH is 1. The van der Waals surface area contributed by atoms with Crippen molar-refractivity contribution in [2.24, 2.45) is 5.92 Å². The number of hydrogen-bond acceptors (Lipinski definition) is 4. The number of amides is 3. The first kappa shape index (κ1) is 18.2. The van der Waals surface area contributed by atoms with E-state index >= 15 is 0 Å². The number of ether oxygens (including phenoxy) is 1. The lowest BCUT2D eigenvalue weighted by atomic mass is 9.91. The molecule has 7 heteroatoms. The molecule has 1 aliphatic rings. The van der Waals surface area contributed by atoms with Gasteiger partial charge in [-0.15, -0.1) is 0 Å². The third-order valence-corrected chi connectivity index (χ3v) is 3.81. The monoisotopic (exact) mass is 338 g/mol. The summed E-state index contributed by atoms with van der Waals surface area (Å²) < 4.78 is 18.1. The standard InChI is InChI=1S/C17H23FN2O4/c1-11(2)8-17(3)15(22)20(16(23)19-17)9-13(21)10-24-14-6-4-12(18)5-7-14/h4-7,11,13,21H,8-10H2,1-3H3,(H,19,23)/t13-,17+/m0/s1. The van der Waals surface area contributed by atoms with Gasteiger partial charge in [-0.05, 0) is 43.5 Å². The molecule has 1 aromatic carbocycles. The summed E-state index contributed by atoms with van der Waals surface area (Å²) in [5, 5.41) is 12.7. The molecule has 0 bridgehead atoms. The van der Waals surface area contributed by atoms with Gasteiger partial charge < -0.3 is 15.2 Å². The molecule has 1 fully saturated rings. The predicted molar refractivity (Wildman–Crippen MR) is 86.0 cm³/mol. The van der Waals surface area contributed by atoms with E-state index in [-0.39, 0.29) is 30.8 Å². The van der Waals surface area contributed by atoms with Crippen molar-refractivity contribution in [2.45, 2.75) is 38.8 Å². The maximum Gasteiger partial charge on any atom is 0.325 e. The van der Waals surface area contributed by atoms with Crippen LogP contribution in [-0.2, 0) is 4.79 Å². The Balaban J connectivity index is 1.91. The van der Waals surface area contributed by atoms with Gasteiger partial charge >= 0.3 is 6.03 Å². The van der Waals surface area contributed by atoms with Crippen LogP contribution in [-0.4, -0.2) is 46.7 Å². The first-order valence-corrected chi connectivity index (χ1v) is 7.92. The summed E-state index contributed by atoms with van der Waals surface area (Å²) in [5.41, 5.74) is -0.942. The van der Waals surface area contributed by atoms with Crippen LogP contribution < -0.4 is 10.1 Å². The average molecular weight is 338 g/mol. The van der Waals surface area contributed by atoms with Crippen LogP contribution in [0.4, 0.5) is 9.18 Å². The van der Waals surface area contributed by atoms with Gasteiger partial charge in [-0.3, -0.25) is 9.69 Å². The summed E-state index contributed by atoms with van der Waals surface area (Å²) in [5.74, 6) is -0.0862. The highest BCUT2D eigenvalue weighted by Crippen LogP contribution is 2.25. The van der Waals surface area contributed by atoms with Crippen LogP contribution in [0.1, 0.15) is 27.2 Å². The van der Waals surface area contributed by atoms with Gasteiger partial charge in [0.05, 0.1) is 6.54 Å². The largest absolute Gasteiger partial charge is 0.491 e. The molecule has 0 radical (unpaired) electrons. The number of hydrogen-bond donors (Lipinski definition) is 2. The van der Waals surface area contributed by atoms with Gasteiger partial charge in [-0.2, -0.15) is 0 Å². The molecular weight excluding hydrogens is 315 g/mol. The molecule has 0 saturated carbocycles. The maximum atomic E-state index is 12.8. The topological polar surface area (TPSA) is 78.9 Å². The number of rotatable bonds is 7. The Labute approximate surface area is 140 Å². The van der Waals surface area contributed by atoms with E-state index in [0.717, 1.165) is 4.90 Å². The molecule has 2 rings (SSSR count). The van der Waals surface area contributed by atoms with Crippen molar-refractivity contribution < 1.29 is 23.8 Å². The van der Waals surface area contributed by atoms with Crippen molar-refractivity contribution in [1.82, 2.24) is 10.2 Å². The number of aliphatic hydroxyl groups is 1. The zero-order chi connectivity index (χ0) is 17.9. The summed E-state index contributed by atoms with van der Waals surface area (Å²) in [6.07, 6.45) is -0.512. The van der Waals surface area contributed by atoms with Gasteiger partial charge in [0.2, 0.25) is 0 Å². The molecule has 1 aliphatic heterocycles. The Morgan fingerprint density at radius 3 is 2.50 bits per heavy atom. The second kappa shape index (κ2) is 7.17. The molecule has 2 atom stereocenters. The molecule has 0 aliphatic carbocycles. The van der Waals surface area contributed by atoms with Gasteiger partial charge in [0.25, 0.3) is 5.91 Å². The van der Waals surface area contributed by atoms with E-state index in [2.05, 4.69) is 5.32 Å². The summed E-state index contributed by atoms with van der Waals surface area (Å²) in [6, 6.07) is 4.86. The van der Waals surface area contributed by atoms with Crippen LogP contribution in [0.3, 0.4) is 0 Å². The van der Waals surface area contributed by atoms with Crippen molar-refractivity contribution in [2.75, 3.05) is 13.2 Å². The number of carbonyl (C=O) groups is 2. The van der Waals surface area contributed by atoms with Gasteiger partial charge in [-0.25, -0.2) is 9.18 Å². The lowest BCUT2D eigenvalue weighted by Crippen LogP contribution is -2.45. The molecule has 24 heavy (non-hydrogen) atoms. The van der Waals surface area contributed by atoms with Crippen molar-refractivity contribution in [3.63, 3.8) is 0 Å². The minimum atomic E-state index is -1.04. The van der Waals surface area contributed by atoms with Crippen LogP contribution in [0.15, 0.2) is 24.3 Å². The second-order valence-corrected chi connectivity index (χ2v) is 6.69. The molecule has 0 aromatic heterocycles. The molecule has 132 valence electrons. The van der Waals surface area contributed by atoms with E-state index in [9.17, 15) is 19.1 Å². The minimum Gasteiger partial charge on any atom is -0.491 e. The van der Waals surface area contributed by atoms with Crippen LogP contribution >= 0.6 is 0 Å². The van der Waals surface area contributed by atoms with Crippen molar-refractivity contribution in [3.05, 3.63) is 30.1 Å². The number of urea groups is 1. The van der Waals surface area contributed by atoms with E-state index in [1.54, 1.807) is 6.92 Å². The number of carbonyl (C=O) groups excluding carboxylic acids is 2. The average Bonchev–Trinajstić information content (AvgIpc) is 2.69. The molecule has 0 spiro atoms. The molecule has 1 aromatic rings. The number of nitrogens with one attached hydrogen (secondary N) is 1. The minimum absolute atomic E-state index is 0.108. The van der Waals surface area contributed by atoms with Gasteiger partial charge in [0.15, 0.2) is 0 Å². The second-order valence-electron chi connectivity index (χ2n) is 6.69. The summed E-state index contributed by atoms with van der Waals surface area (Å²) in [7, 11) is 0. The molecule has 6 nitrogen and oxygen atoms in total. The van der Waals surface area contributed by atoms with Crippen LogP contribution in [0, 0.1) is 11.7 Å². The van der Waals surface area contributed by atoms with E-state index in [0.29, 0.717) is 12.2 Å². The third kappa shape index (κ3) is 4.23. The van der Waals surface area contributed by atoms with Crippen molar-refractivity contribution >= 4 is 11.9 Å². The summed E-state index contributed by atoms with van der Waals surface area (Å²) >= 11 is 0. The lowest BCUT2D eigenvalue weighted by Gasteiger charge is -2.24. The highest BCUT2D eigenvalue weighted by atomic mass is 19.1. The molecular formula is C17H23FN2O4. The Morgan fingerprint density at radius 1 is 1.29 bits per heavy atom. The number of imide groups is 1. The Bertz CT molecular complexity index is 605. The fourth-order valence-corrected chi connectivity index (χ4v) is 2.85. The zero-order valence-corrected chi connectivity index (χ0v) is 14.1. The Morgan fingerprint density at radius 2 is 1.92 bits per heavy atom. The Hall–Kier alpha value is -2.15. The van der Waals surface area contributed by atoms with Crippen molar-refractivity contribution in [3.8, 4) is 5.75 Å². The first-order valence-electron chi connectivity index (χ1n) is 7.92. The quantitative estimate of drug-likeness (QED) is 0.745. The first-order chi connectivity index (χ1) is 11.2. The van der Waals surface area contributed by atoms with Crippen molar-refractivity contribution in [1.29, 1.82) is 0 Å². The smallest absolute Gasteiger partial charge is 0.325 e. The fraction of sp³-hybridized carbons (Fsp3) is 0.529. The SMILES string of the molecule is CC(C)C[C@@]1(C)NC(=O)N(C[C@H](O)COc2ccc(F)cc2)C1=O. The molecule has 2 N–H and O–H groups in total. The molecule has 3 amide bonds. The molecule has 0 unspecified atom stereocenters. The number of halogens is 1. The highest BCUT2D eigenvalue weighted by molar-refractivity contribution is 6.06. The molecule has 1 saturated heterocycles. The van der Waals surface area contributed by atoms with Gasteiger partial charge in [-0.1, -0.05) is 13.8 Å². The lowest BCUT2D eigenvalue weighted by molar-refractivity contribution is -0.132. The summed E-state index contributed by atoms with van der Waals surface area (Å²) in [4.78, 5) is 25.5. The number of benzene rings is 1. The normalized spacial score (nSPS) is 22.0. The van der Waals surface area contributed by atoms with E-state index in [1.807, 2.05) is 13.8 Å². The number of nitrogens with zero attached hydrogens (tertiary/aromatic N) is 1. The molecule has 1 heterocycles. The summed E-state index contributed by atoms with van der Waals surface area (Å²) in [6.45, 7) is 5.37. The van der Waals surface area contributed by atoms with Gasteiger partial charge in [0.1, 0.15) is 29.8 Å². The zero-order valence-electron chi connectivity index (χ0n) is 14.1. The highest BCUT2D eigenvalue weighted by Gasteiger charge is 2.48. The Kier molecular flexibility index (Phi) is 5.43. The van der Waals surface area contributed by atoms with Crippen LogP contribution in [0.25, 0.3) is 0 Å². The third-order valence-electron chi connectivity index (χ3n) is 3.81. The maximum absolute atomic E-state index is 12.8. The fourth-order valence-electron chi connectivity index (χ4n) is 2.85. The van der Waals surface area contributed by atoms with E-state index in [1.165, 1.54) is 24.3 Å². The van der Waals surface area contributed by atoms with E-state index < -0.39 is 17.7 Å². The number of β-amino-alcohol motifs (C(OH)–C–C–N with tert-alkyl or cyclic N) is 1. The van der Waals surface area contributed by atoms with Crippen LogP contribution in [0.2, 0.25) is 0 Å². The van der Waals surface area contributed by atoms with Crippen LogP contribution in [0.5, 0.6) is 5.75 Å². The predicted octanol–water partition coefficient (Wildman–Crippen LogP) is 1.92.